The van der Waals surface area contributed by atoms with Crippen molar-refractivity contribution in [2.45, 2.75) is 32.8 Å². The van der Waals surface area contributed by atoms with Gasteiger partial charge in [-0.15, -0.1) is 0 Å². The minimum Gasteiger partial charge on any atom is -0.497 e. The highest BCUT2D eigenvalue weighted by molar-refractivity contribution is 5.95. The van der Waals surface area contributed by atoms with E-state index in [1.54, 1.807) is 44.6 Å². The molecule has 1 atom stereocenters. The van der Waals surface area contributed by atoms with Crippen molar-refractivity contribution < 1.29 is 28.6 Å². The van der Waals surface area contributed by atoms with Gasteiger partial charge >= 0.3 is 5.97 Å². The van der Waals surface area contributed by atoms with Crippen molar-refractivity contribution >= 4 is 29.2 Å². The van der Waals surface area contributed by atoms with E-state index < -0.39 is 18.0 Å². The van der Waals surface area contributed by atoms with E-state index in [1.807, 2.05) is 12.1 Å². The van der Waals surface area contributed by atoms with Gasteiger partial charge in [0.1, 0.15) is 11.5 Å². The number of rotatable bonds is 9. The Morgan fingerprint density at radius 1 is 0.900 bits per heavy atom. The quantitative estimate of drug-likeness (QED) is 0.611. The first-order valence-electron chi connectivity index (χ1n) is 9.40. The van der Waals surface area contributed by atoms with Crippen LogP contribution in [0, 0.1) is 0 Å². The van der Waals surface area contributed by atoms with E-state index >= 15 is 0 Å². The molecule has 0 aliphatic carbocycles. The van der Waals surface area contributed by atoms with Crippen molar-refractivity contribution in [3.05, 3.63) is 48.0 Å². The van der Waals surface area contributed by atoms with E-state index in [0.717, 1.165) is 5.56 Å². The Hall–Kier alpha value is -3.55. The molecule has 2 aromatic carbocycles. The van der Waals surface area contributed by atoms with E-state index in [2.05, 4.69) is 10.6 Å². The summed E-state index contributed by atoms with van der Waals surface area (Å²) in [7, 11) is 3.11. The zero-order valence-corrected chi connectivity index (χ0v) is 17.5. The van der Waals surface area contributed by atoms with Gasteiger partial charge in [-0.05, 0) is 55.3 Å². The fraction of sp³-hybridized carbons (Fsp3) is 0.318. The highest BCUT2D eigenvalue weighted by Crippen LogP contribution is 2.23. The molecule has 0 fully saturated rings. The van der Waals surface area contributed by atoms with Crippen LogP contribution in [-0.4, -0.2) is 38.1 Å². The number of methoxy groups -OCH3 is 2. The molecule has 8 heteroatoms. The van der Waals surface area contributed by atoms with Crippen molar-refractivity contribution in [2.24, 2.45) is 0 Å². The molecule has 0 aromatic heterocycles. The second-order valence-corrected chi connectivity index (χ2v) is 6.60. The molecular formula is C22H26N2O6. The summed E-state index contributed by atoms with van der Waals surface area (Å²) >= 11 is 0. The lowest BCUT2D eigenvalue weighted by molar-refractivity contribution is -0.153. The zero-order chi connectivity index (χ0) is 22.1. The summed E-state index contributed by atoms with van der Waals surface area (Å²) in [6.07, 6.45) is -0.419. The van der Waals surface area contributed by atoms with Crippen LogP contribution in [0.15, 0.2) is 42.5 Å². The number of esters is 1. The number of carbonyl (C=O) groups excluding carboxylic acids is 3. The van der Waals surface area contributed by atoms with Gasteiger partial charge in [-0.3, -0.25) is 14.4 Å². The number of nitrogens with one attached hydrogen (secondary N) is 2. The van der Waals surface area contributed by atoms with Crippen LogP contribution >= 0.6 is 0 Å². The predicted octanol–water partition coefficient (Wildman–Crippen LogP) is 3.17. The summed E-state index contributed by atoms with van der Waals surface area (Å²) in [5, 5.41) is 5.31. The number of carbonyl (C=O) groups is 3. The molecule has 0 unspecified atom stereocenters. The lowest BCUT2D eigenvalue weighted by Gasteiger charge is -2.14. The molecule has 0 radical (unpaired) electrons. The average Bonchev–Trinajstić information content (AvgIpc) is 2.72. The summed E-state index contributed by atoms with van der Waals surface area (Å²) in [4.78, 5) is 35.4. The Bertz CT molecular complexity index is 873. The minimum atomic E-state index is -0.952. The monoisotopic (exact) mass is 414 g/mol. The molecule has 0 saturated carbocycles. The van der Waals surface area contributed by atoms with Crippen LogP contribution in [0.5, 0.6) is 11.5 Å². The summed E-state index contributed by atoms with van der Waals surface area (Å²) in [5.74, 6) is 0.156. The molecule has 160 valence electrons. The predicted molar refractivity (Wildman–Crippen MR) is 113 cm³/mol. The van der Waals surface area contributed by atoms with Gasteiger partial charge in [-0.1, -0.05) is 0 Å². The van der Waals surface area contributed by atoms with Gasteiger partial charge in [-0.25, -0.2) is 0 Å². The number of hydrogen-bond acceptors (Lipinski definition) is 6. The Morgan fingerprint density at radius 2 is 1.43 bits per heavy atom. The van der Waals surface area contributed by atoms with Gasteiger partial charge in [0.2, 0.25) is 5.91 Å². The zero-order valence-electron chi connectivity index (χ0n) is 17.5. The lowest BCUT2D eigenvalue weighted by Crippen LogP contribution is -2.30. The number of amides is 2. The number of benzene rings is 2. The van der Waals surface area contributed by atoms with Gasteiger partial charge in [0.05, 0.1) is 14.2 Å². The maximum absolute atomic E-state index is 12.3. The molecule has 8 nitrogen and oxygen atoms in total. The Labute approximate surface area is 175 Å². The molecule has 2 N–H and O–H groups in total. The highest BCUT2D eigenvalue weighted by Gasteiger charge is 2.18. The first-order valence-corrected chi connectivity index (χ1v) is 9.40. The van der Waals surface area contributed by atoms with E-state index in [1.165, 1.54) is 13.8 Å². The number of anilines is 2. The SMILES string of the molecule is COc1cc(CCC(=O)O[C@H](C)C(=O)Nc2ccc(NC(C)=O)cc2)cc(OC)c1. The number of ether oxygens (including phenoxy) is 3. The number of aryl methyl sites for hydroxylation is 1. The fourth-order valence-electron chi connectivity index (χ4n) is 2.65. The van der Waals surface area contributed by atoms with E-state index in [9.17, 15) is 14.4 Å². The van der Waals surface area contributed by atoms with Crippen LogP contribution < -0.4 is 20.1 Å². The molecule has 0 aliphatic heterocycles. The first kappa shape index (κ1) is 22.7. The standard InChI is InChI=1S/C22H26N2O6/c1-14(22(27)24-18-8-6-17(7-9-18)23-15(2)25)30-21(26)10-5-16-11-19(28-3)13-20(12-16)29-4/h6-9,11-14H,5,10H2,1-4H3,(H,23,25)(H,24,27)/t14-/m1/s1. The van der Waals surface area contributed by atoms with Crippen molar-refractivity contribution in [3.63, 3.8) is 0 Å². The third kappa shape index (κ3) is 7.12. The number of hydrogen-bond donors (Lipinski definition) is 2. The normalized spacial score (nSPS) is 11.2. The minimum absolute atomic E-state index is 0.110. The molecule has 0 saturated heterocycles. The van der Waals surface area contributed by atoms with E-state index in [4.69, 9.17) is 14.2 Å². The summed E-state index contributed by atoms with van der Waals surface area (Å²) in [6, 6.07) is 12.0. The van der Waals surface area contributed by atoms with Gasteiger partial charge in [0.15, 0.2) is 6.10 Å². The molecule has 0 spiro atoms. The molecule has 2 amide bonds. The van der Waals surface area contributed by atoms with Crippen LogP contribution in [0.1, 0.15) is 25.8 Å². The van der Waals surface area contributed by atoms with Crippen molar-refractivity contribution in [3.8, 4) is 11.5 Å². The van der Waals surface area contributed by atoms with Gasteiger partial charge in [0, 0.05) is 30.8 Å². The fourth-order valence-corrected chi connectivity index (χ4v) is 2.65. The topological polar surface area (TPSA) is 103 Å². The van der Waals surface area contributed by atoms with Crippen LogP contribution in [-0.2, 0) is 25.5 Å². The Balaban J connectivity index is 1.84. The van der Waals surface area contributed by atoms with Crippen LogP contribution in [0.4, 0.5) is 11.4 Å². The van der Waals surface area contributed by atoms with Gasteiger partial charge in [0.25, 0.3) is 5.91 Å². The van der Waals surface area contributed by atoms with Gasteiger partial charge in [-0.2, -0.15) is 0 Å². The van der Waals surface area contributed by atoms with Crippen molar-refractivity contribution in [2.75, 3.05) is 24.9 Å². The summed E-state index contributed by atoms with van der Waals surface area (Å²) < 4.78 is 15.7. The third-order valence-electron chi connectivity index (χ3n) is 4.18. The first-order chi connectivity index (χ1) is 14.3. The van der Waals surface area contributed by atoms with Crippen molar-refractivity contribution in [1.82, 2.24) is 0 Å². The van der Waals surface area contributed by atoms with E-state index in [-0.39, 0.29) is 12.3 Å². The molecule has 0 heterocycles. The molecule has 0 aliphatic rings. The summed E-state index contributed by atoms with van der Waals surface area (Å²) in [5.41, 5.74) is 2.01. The smallest absolute Gasteiger partial charge is 0.306 e. The Kier molecular flexibility index (Phi) is 8.22. The largest absolute Gasteiger partial charge is 0.497 e. The second kappa shape index (κ2) is 10.8. The molecule has 2 rings (SSSR count). The maximum Gasteiger partial charge on any atom is 0.306 e. The average molecular weight is 414 g/mol. The van der Waals surface area contributed by atoms with E-state index in [0.29, 0.717) is 29.3 Å². The molecule has 0 bridgehead atoms. The van der Waals surface area contributed by atoms with Gasteiger partial charge < -0.3 is 24.8 Å². The summed E-state index contributed by atoms with van der Waals surface area (Å²) in [6.45, 7) is 2.92. The van der Waals surface area contributed by atoms with Crippen LogP contribution in [0.25, 0.3) is 0 Å². The maximum atomic E-state index is 12.3. The van der Waals surface area contributed by atoms with Crippen LogP contribution in [0.2, 0.25) is 0 Å². The molecular weight excluding hydrogens is 388 g/mol. The lowest BCUT2D eigenvalue weighted by atomic mass is 10.1. The molecule has 30 heavy (non-hydrogen) atoms. The van der Waals surface area contributed by atoms with Crippen molar-refractivity contribution in [1.29, 1.82) is 0 Å². The third-order valence-corrected chi connectivity index (χ3v) is 4.18. The Morgan fingerprint density at radius 3 is 1.93 bits per heavy atom. The van der Waals surface area contributed by atoms with Crippen LogP contribution in [0.3, 0.4) is 0 Å². The highest BCUT2D eigenvalue weighted by atomic mass is 16.5. The second-order valence-electron chi connectivity index (χ2n) is 6.60. The molecule has 2 aromatic rings.